The fourth-order valence-corrected chi connectivity index (χ4v) is 1.52. The van der Waals surface area contributed by atoms with Gasteiger partial charge < -0.3 is 15.4 Å². The van der Waals surface area contributed by atoms with E-state index in [1.54, 1.807) is 6.07 Å². The third kappa shape index (κ3) is 5.27. The molecule has 0 fully saturated rings. The third-order valence-corrected chi connectivity index (χ3v) is 2.58. The summed E-state index contributed by atoms with van der Waals surface area (Å²) in [5.74, 6) is 0.646. The lowest BCUT2D eigenvalue weighted by molar-refractivity contribution is 0.236. The largest absolute Gasteiger partial charge is 0.490 e. The highest BCUT2D eigenvalue weighted by Crippen LogP contribution is 2.24. The first kappa shape index (κ1) is 14.6. The van der Waals surface area contributed by atoms with Crippen molar-refractivity contribution >= 4 is 17.6 Å². The summed E-state index contributed by atoms with van der Waals surface area (Å²) >= 11 is 5.98. The Morgan fingerprint density at radius 2 is 2.06 bits per heavy atom. The Balaban J connectivity index is 2.25. The summed E-state index contributed by atoms with van der Waals surface area (Å²) in [5, 5.41) is 6.00. The molecular weight excluding hydrogens is 252 g/mol. The average molecular weight is 271 g/mol. The third-order valence-electron chi connectivity index (χ3n) is 2.27. The predicted molar refractivity (Wildman–Crippen MR) is 73.4 cm³/mol. The Kier molecular flexibility index (Phi) is 6.36. The van der Waals surface area contributed by atoms with Gasteiger partial charge in [0.05, 0.1) is 11.6 Å². The number of rotatable bonds is 6. The van der Waals surface area contributed by atoms with E-state index < -0.39 is 0 Å². The van der Waals surface area contributed by atoms with Crippen LogP contribution in [0.5, 0.6) is 5.75 Å². The Labute approximate surface area is 113 Å². The Hall–Kier alpha value is -1.42. The van der Waals surface area contributed by atoms with Crippen molar-refractivity contribution in [3.63, 3.8) is 0 Å². The summed E-state index contributed by atoms with van der Waals surface area (Å²) in [6.07, 6.45) is 0.919. The molecule has 0 radical (unpaired) electrons. The second-order valence-electron chi connectivity index (χ2n) is 3.97. The zero-order valence-corrected chi connectivity index (χ0v) is 11.5. The van der Waals surface area contributed by atoms with Crippen molar-refractivity contribution in [2.24, 2.45) is 0 Å². The molecule has 0 aromatic heterocycles. The molecular formula is C13H19ClN2O2. The maximum Gasteiger partial charge on any atom is 0.314 e. The number of carbonyl (C=O) groups excluding carboxylic acids is 1. The molecule has 0 saturated carbocycles. The van der Waals surface area contributed by atoms with Crippen LogP contribution in [0.15, 0.2) is 18.2 Å². The molecule has 100 valence electrons. The molecule has 1 rings (SSSR count). The number of aryl methyl sites for hydroxylation is 1. The van der Waals surface area contributed by atoms with Gasteiger partial charge in [0.15, 0.2) is 0 Å². The molecule has 2 N–H and O–H groups in total. The molecule has 0 atom stereocenters. The first-order valence-electron chi connectivity index (χ1n) is 6.04. The normalized spacial score (nSPS) is 9.94. The number of amides is 2. The monoisotopic (exact) mass is 270 g/mol. The van der Waals surface area contributed by atoms with Gasteiger partial charge in [-0.15, -0.1) is 0 Å². The fourth-order valence-electron chi connectivity index (χ4n) is 1.35. The van der Waals surface area contributed by atoms with Crippen LogP contribution in [0.2, 0.25) is 5.02 Å². The van der Waals surface area contributed by atoms with Gasteiger partial charge >= 0.3 is 6.03 Å². The molecule has 0 saturated heterocycles. The van der Waals surface area contributed by atoms with Gasteiger partial charge in [0, 0.05) is 6.54 Å². The maximum absolute atomic E-state index is 11.2. The van der Waals surface area contributed by atoms with Crippen LogP contribution in [0.1, 0.15) is 18.9 Å². The fraction of sp³-hybridized carbons (Fsp3) is 0.462. The standard InChI is InChI=1S/C13H19ClN2O2/c1-3-6-15-13(17)16-7-8-18-12-9-10(2)4-5-11(12)14/h4-5,9H,3,6-8H2,1-2H3,(H2,15,16,17). The van der Waals surface area contributed by atoms with E-state index in [0.717, 1.165) is 12.0 Å². The zero-order valence-electron chi connectivity index (χ0n) is 10.8. The van der Waals surface area contributed by atoms with Crippen LogP contribution < -0.4 is 15.4 Å². The highest BCUT2D eigenvalue weighted by Gasteiger charge is 2.02. The Morgan fingerprint density at radius 3 is 2.78 bits per heavy atom. The van der Waals surface area contributed by atoms with Crippen molar-refractivity contribution in [1.29, 1.82) is 0 Å². The first-order valence-corrected chi connectivity index (χ1v) is 6.42. The highest BCUT2D eigenvalue weighted by atomic mass is 35.5. The molecule has 0 bridgehead atoms. The molecule has 2 amide bonds. The van der Waals surface area contributed by atoms with Crippen LogP contribution in [0.4, 0.5) is 4.79 Å². The van der Waals surface area contributed by atoms with Gasteiger partial charge in [-0.1, -0.05) is 24.6 Å². The SMILES string of the molecule is CCCNC(=O)NCCOc1cc(C)ccc1Cl. The van der Waals surface area contributed by atoms with Gasteiger partial charge in [-0.25, -0.2) is 4.79 Å². The van der Waals surface area contributed by atoms with Gasteiger partial charge in [0.2, 0.25) is 0 Å². The molecule has 1 aromatic rings. The number of hydrogen-bond donors (Lipinski definition) is 2. The van der Waals surface area contributed by atoms with Crippen LogP contribution >= 0.6 is 11.6 Å². The molecule has 18 heavy (non-hydrogen) atoms. The minimum atomic E-state index is -0.171. The van der Waals surface area contributed by atoms with Crippen LogP contribution in [-0.4, -0.2) is 25.7 Å². The summed E-state index contributed by atoms with van der Waals surface area (Å²) in [7, 11) is 0. The second kappa shape index (κ2) is 7.82. The van der Waals surface area contributed by atoms with Crippen molar-refractivity contribution < 1.29 is 9.53 Å². The summed E-state index contributed by atoms with van der Waals surface area (Å²) in [4.78, 5) is 11.2. The number of nitrogens with one attached hydrogen (secondary N) is 2. The summed E-state index contributed by atoms with van der Waals surface area (Å²) in [5.41, 5.74) is 1.09. The smallest absolute Gasteiger partial charge is 0.314 e. The van der Waals surface area contributed by atoms with Crippen molar-refractivity contribution in [2.75, 3.05) is 19.7 Å². The quantitative estimate of drug-likeness (QED) is 0.781. The van der Waals surface area contributed by atoms with Gasteiger partial charge in [-0.3, -0.25) is 0 Å². The van der Waals surface area contributed by atoms with E-state index in [1.165, 1.54) is 0 Å². The maximum atomic E-state index is 11.2. The van der Waals surface area contributed by atoms with Crippen LogP contribution in [0.3, 0.4) is 0 Å². The van der Waals surface area contributed by atoms with Crippen molar-refractivity contribution in [2.45, 2.75) is 20.3 Å². The number of ether oxygens (including phenoxy) is 1. The molecule has 0 aliphatic rings. The number of carbonyl (C=O) groups is 1. The summed E-state index contributed by atoms with van der Waals surface area (Å²) in [6.45, 7) is 5.49. The topological polar surface area (TPSA) is 50.4 Å². The molecule has 0 aliphatic carbocycles. The zero-order chi connectivity index (χ0) is 13.4. The van der Waals surface area contributed by atoms with Crippen LogP contribution in [0.25, 0.3) is 0 Å². The van der Waals surface area contributed by atoms with Gasteiger partial charge in [-0.2, -0.15) is 0 Å². The molecule has 0 spiro atoms. The lowest BCUT2D eigenvalue weighted by Crippen LogP contribution is -2.37. The minimum Gasteiger partial charge on any atom is -0.490 e. The minimum absolute atomic E-state index is 0.171. The number of hydrogen-bond acceptors (Lipinski definition) is 2. The number of urea groups is 1. The van der Waals surface area contributed by atoms with Crippen LogP contribution in [0, 0.1) is 6.92 Å². The van der Waals surface area contributed by atoms with E-state index in [1.807, 2.05) is 26.0 Å². The molecule has 1 aromatic carbocycles. The predicted octanol–water partition coefficient (Wildman–Crippen LogP) is 2.74. The lowest BCUT2D eigenvalue weighted by atomic mass is 10.2. The molecule has 4 nitrogen and oxygen atoms in total. The van der Waals surface area contributed by atoms with E-state index in [4.69, 9.17) is 16.3 Å². The Bertz CT molecular complexity index is 397. The average Bonchev–Trinajstić information content (AvgIpc) is 2.36. The highest BCUT2D eigenvalue weighted by molar-refractivity contribution is 6.32. The molecule has 0 unspecified atom stereocenters. The van der Waals surface area contributed by atoms with E-state index in [0.29, 0.717) is 30.5 Å². The van der Waals surface area contributed by atoms with Gasteiger partial charge in [0.1, 0.15) is 12.4 Å². The van der Waals surface area contributed by atoms with Crippen molar-refractivity contribution in [1.82, 2.24) is 10.6 Å². The summed E-state index contributed by atoms with van der Waals surface area (Å²) in [6, 6.07) is 5.43. The van der Waals surface area contributed by atoms with Crippen molar-refractivity contribution in [3.05, 3.63) is 28.8 Å². The first-order chi connectivity index (χ1) is 8.63. The Morgan fingerprint density at radius 1 is 1.33 bits per heavy atom. The van der Waals surface area contributed by atoms with Crippen LogP contribution in [-0.2, 0) is 0 Å². The second-order valence-corrected chi connectivity index (χ2v) is 4.37. The van der Waals surface area contributed by atoms with Gasteiger partial charge in [0.25, 0.3) is 0 Å². The molecule has 5 heteroatoms. The lowest BCUT2D eigenvalue weighted by Gasteiger charge is -2.10. The summed E-state index contributed by atoms with van der Waals surface area (Å²) < 4.78 is 5.50. The van der Waals surface area contributed by atoms with Crippen molar-refractivity contribution in [3.8, 4) is 5.75 Å². The number of halogens is 1. The van der Waals surface area contributed by atoms with E-state index >= 15 is 0 Å². The van der Waals surface area contributed by atoms with E-state index in [-0.39, 0.29) is 6.03 Å². The number of benzene rings is 1. The van der Waals surface area contributed by atoms with E-state index in [9.17, 15) is 4.79 Å². The molecule has 0 heterocycles. The van der Waals surface area contributed by atoms with Gasteiger partial charge in [-0.05, 0) is 31.0 Å². The molecule has 0 aliphatic heterocycles. The van der Waals surface area contributed by atoms with E-state index in [2.05, 4.69) is 10.6 Å².